The summed E-state index contributed by atoms with van der Waals surface area (Å²) in [7, 11) is 0.916. The lowest BCUT2D eigenvalue weighted by atomic mass is 10.2. The summed E-state index contributed by atoms with van der Waals surface area (Å²) in [5, 5.41) is 0. The maximum absolute atomic E-state index is 13.1. The molecule has 1 aromatic heterocycles. The minimum Gasteiger partial charge on any atom is -0.464 e. The van der Waals surface area contributed by atoms with Crippen LogP contribution in [0.4, 0.5) is 22.0 Å². The topological polar surface area (TPSA) is 48.4 Å². The van der Waals surface area contributed by atoms with E-state index in [1.54, 1.807) is 0 Å². The largest absolute Gasteiger partial charge is 0.573 e. The van der Waals surface area contributed by atoms with Crippen molar-refractivity contribution in [2.45, 2.75) is 13.0 Å². The van der Waals surface area contributed by atoms with E-state index >= 15 is 0 Å². The Labute approximate surface area is 97.3 Å². The average Bonchev–Trinajstić information content (AvgIpc) is 2.29. The van der Waals surface area contributed by atoms with Crippen LogP contribution in [0.25, 0.3) is 0 Å². The van der Waals surface area contributed by atoms with Crippen LogP contribution in [-0.2, 0) is 11.4 Å². The molecule has 1 rings (SSSR count). The Hall–Kier alpha value is -1.93. The van der Waals surface area contributed by atoms with E-state index < -0.39 is 41.8 Å². The zero-order valence-electron chi connectivity index (χ0n) is 8.85. The van der Waals surface area contributed by atoms with Crippen molar-refractivity contribution < 1.29 is 36.2 Å². The average molecular weight is 271 g/mol. The van der Waals surface area contributed by atoms with Gasteiger partial charge < -0.3 is 9.47 Å². The monoisotopic (exact) mass is 271 g/mol. The van der Waals surface area contributed by atoms with Crippen LogP contribution in [0.5, 0.6) is 5.75 Å². The van der Waals surface area contributed by atoms with Crippen molar-refractivity contribution in [1.82, 2.24) is 4.98 Å². The number of carbonyl (C=O) groups excluding carboxylic acids is 1. The van der Waals surface area contributed by atoms with Crippen molar-refractivity contribution in [2.24, 2.45) is 0 Å². The van der Waals surface area contributed by atoms with Crippen molar-refractivity contribution >= 4 is 5.97 Å². The van der Waals surface area contributed by atoms with Crippen LogP contribution in [0.3, 0.4) is 0 Å². The Morgan fingerprint density at radius 2 is 2.06 bits per heavy atom. The summed E-state index contributed by atoms with van der Waals surface area (Å²) in [6, 6.07) is 0. The molecule has 0 unspecified atom stereocenters. The summed E-state index contributed by atoms with van der Waals surface area (Å²) in [5.74, 6) is -4.16. The number of halogens is 5. The van der Waals surface area contributed by atoms with Crippen LogP contribution in [0.15, 0.2) is 6.20 Å². The SMILES string of the molecule is COC(=O)c1ncc(F)c(OC(F)(F)F)c1CF. The smallest absolute Gasteiger partial charge is 0.464 e. The third kappa shape index (κ3) is 3.05. The molecule has 18 heavy (non-hydrogen) atoms. The van der Waals surface area contributed by atoms with Gasteiger partial charge in [-0.25, -0.2) is 18.6 Å². The predicted molar refractivity (Wildman–Crippen MR) is 47.0 cm³/mol. The van der Waals surface area contributed by atoms with Gasteiger partial charge in [0, 0.05) is 0 Å². The molecule has 4 nitrogen and oxygen atoms in total. The van der Waals surface area contributed by atoms with Gasteiger partial charge in [-0.2, -0.15) is 0 Å². The lowest BCUT2D eigenvalue weighted by Crippen LogP contribution is -2.21. The number of carbonyl (C=O) groups is 1. The third-order valence-electron chi connectivity index (χ3n) is 1.81. The molecule has 0 saturated carbocycles. The second-order valence-electron chi connectivity index (χ2n) is 2.94. The van der Waals surface area contributed by atoms with Crippen molar-refractivity contribution in [3.05, 3.63) is 23.3 Å². The summed E-state index contributed by atoms with van der Waals surface area (Å²) in [5.41, 5.74) is -1.74. The van der Waals surface area contributed by atoms with Gasteiger partial charge in [-0.3, -0.25) is 0 Å². The normalized spacial score (nSPS) is 11.2. The van der Waals surface area contributed by atoms with Gasteiger partial charge in [0.05, 0.1) is 18.9 Å². The second kappa shape index (κ2) is 5.15. The number of nitrogens with zero attached hydrogens (tertiary/aromatic N) is 1. The van der Waals surface area contributed by atoms with Crippen molar-refractivity contribution in [1.29, 1.82) is 0 Å². The number of rotatable bonds is 3. The third-order valence-corrected chi connectivity index (χ3v) is 1.81. The molecule has 0 aromatic carbocycles. The van der Waals surface area contributed by atoms with E-state index in [1.807, 2.05) is 0 Å². The van der Waals surface area contributed by atoms with E-state index in [2.05, 4.69) is 14.5 Å². The van der Waals surface area contributed by atoms with Gasteiger partial charge in [-0.1, -0.05) is 0 Å². The van der Waals surface area contributed by atoms with Gasteiger partial charge in [-0.15, -0.1) is 13.2 Å². The number of hydrogen-bond donors (Lipinski definition) is 0. The van der Waals surface area contributed by atoms with Crippen molar-refractivity contribution in [2.75, 3.05) is 7.11 Å². The van der Waals surface area contributed by atoms with Crippen molar-refractivity contribution in [3.8, 4) is 5.75 Å². The van der Waals surface area contributed by atoms with Gasteiger partial charge in [0.1, 0.15) is 6.67 Å². The van der Waals surface area contributed by atoms with E-state index in [9.17, 15) is 26.7 Å². The number of aromatic nitrogens is 1. The van der Waals surface area contributed by atoms with Crippen LogP contribution >= 0.6 is 0 Å². The first-order chi connectivity index (χ1) is 8.30. The molecule has 9 heteroatoms. The summed E-state index contributed by atoms with van der Waals surface area (Å²) < 4.78 is 69.3. The number of alkyl halides is 4. The molecule has 0 amide bonds. The molecule has 0 atom stereocenters. The first-order valence-corrected chi connectivity index (χ1v) is 4.37. The first kappa shape index (κ1) is 14.1. The Morgan fingerprint density at radius 3 is 2.50 bits per heavy atom. The molecule has 0 N–H and O–H groups in total. The predicted octanol–water partition coefficient (Wildman–Crippen LogP) is 2.38. The van der Waals surface area contributed by atoms with Crippen LogP contribution in [0.1, 0.15) is 16.1 Å². The van der Waals surface area contributed by atoms with E-state index in [0.717, 1.165) is 7.11 Å². The van der Waals surface area contributed by atoms with Gasteiger partial charge in [0.15, 0.2) is 17.3 Å². The van der Waals surface area contributed by atoms with E-state index in [-0.39, 0.29) is 0 Å². The van der Waals surface area contributed by atoms with Crippen LogP contribution < -0.4 is 4.74 Å². The number of hydrogen-bond acceptors (Lipinski definition) is 4. The molecule has 0 saturated heterocycles. The Balaban J connectivity index is 3.35. The number of pyridine rings is 1. The molecule has 0 aliphatic rings. The Bertz CT molecular complexity index is 460. The van der Waals surface area contributed by atoms with E-state index in [0.29, 0.717) is 6.20 Å². The Kier molecular flexibility index (Phi) is 4.04. The molecule has 0 fully saturated rings. The molecule has 0 aliphatic heterocycles. The highest BCUT2D eigenvalue weighted by Crippen LogP contribution is 2.31. The fraction of sp³-hybridized carbons (Fsp3) is 0.333. The summed E-state index contributed by atoms with van der Waals surface area (Å²) >= 11 is 0. The fourth-order valence-corrected chi connectivity index (χ4v) is 1.13. The molecule has 0 spiro atoms. The van der Waals surface area contributed by atoms with Gasteiger partial charge >= 0.3 is 12.3 Å². The molecular weight excluding hydrogens is 265 g/mol. The first-order valence-electron chi connectivity index (χ1n) is 4.37. The second-order valence-corrected chi connectivity index (χ2v) is 2.94. The zero-order valence-corrected chi connectivity index (χ0v) is 8.85. The maximum atomic E-state index is 13.1. The fourth-order valence-electron chi connectivity index (χ4n) is 1.13. The molecule has 0 aliphatic carbocycles. The zero-order chi connectivity index (χ0) is 13.9. The van der Waals surface area contributed by atoms with Crippen LogP contribution in [-0.4, -0.2) is 24.4 Å². The highest BCUT2D eigenvalue weighted by atomic mass is 19.4. The minimum absolute atomic E-state index is 0.312. The molecule has 1 aromatic rings. The quantitative estimate of drug-likeness (QED) is 0.625. The number of ether oxygens (including phenoxy) is 2. The van der Waals surface area contributed by atoms with Crippen molar-refractivity contribution in [3.63, 3.8) is 0 Å². The highest BCUT2D eigenvalue weighted by Gasteiger charge is 2.35. The van der Waals surface area contributed by atoms with Gasteiger partial charge in [0.25, 0.3) is 0 Å². The lowest BCUT2D eigenvalue weighted by Gasteiger charge is -2.14. The molecule has 1 heterocycles. The molecule has 100 valence electrons. The highest BCUT2D eigenvalue weighted by molar-refractivity contribution is 5.89. The minimum atomic E-state index is -5.22. The van der Waals surface area contributed by atoms with Gasteiger partial charge in [-0.05, 0) is 0 Å². The lowest BCUT2D eigenvalue weighted by molar-refractivity contribution is -0.276. The molecular formula is C9H6F5NO3. The summed E-state index contributed by atoms with van der Waals surface area (Å²) in [4.78, 5) is 14.3. The molecule has 0 radical (unpaired) electrons. The summed E-state index contributed by atoms with van der Waals surface area (Å²) in [6.07, 6.45) is -4.91. The van der Waals surface area contributed by atoms with Crippen LogP contribution in [0, 0.1) is 5.82 Å². The van der Waals surface area contributed by atoms with E-state index in [1.165, 1.54) is 0 Å². The summed E-state index contributed by atoms with van der Waals surface area (Å²) in [6.45, 7) is -1.57. The van der Waals surface area contributed by atoms with Crippen LogP contribution in [0.2, 0.25) is 0 Å². The maximum Gasteiger partial charge on any atom is 0.573 e. The van der Waals surface area contributed by atoms with E-state index in [4.69, 9.17) is 0 Å². The number of methoxy groups -OCH3 is 1. The van der Waals surface area contributed by atoms with Gasteiger partial charge in [0.2, 0.25) is 0 Å². The molecule has 0 bridgehead atoms. The standard InChI is InChI=1S/C9H6F5NO3/c1-17-8(16)6-4(2-10)7(5(11)3-15-6)18-9(12,13)14/h3H,2H2,1H3. The number of esters is 1. The Morgan fingerprint density at radius 1 is 1.44 bits per heavy atom.